The fraction of sp³-hybridized carbons (Fsp3) is 0. The van der Waals surface area contributed by atoms with Crippen LogP contribution < -0.4 is 20.4 Å². The molecule has 0 amide bonds. The molecule has 6 N–H and O–H groups in total. The van der Waals surface area contributed by atoms with Gasteiger partial charge in [0.15, 0.2) is 0 Å². The maximum atomic E-state index is 13.8. The van der Waals surface area contributed by atoms with Crippen LogP contribution in [-0.4, -0.2) is 24.7 Å². The Bertz CT molecular complexity index is 584. The summed E-state index contributed by atoms with van der Waals surface area (Å²) in [6, 6.07) is 29.3. The Labute approximate surface area is 156 Å². The van der Waals surface area contributed by atoms with E-state index < -0.39 is 8.32 Å². The molecule has 3 aromatic carbocycles. The maximum absolute atomic E-state index is 13.8. The van der Waals surface area contributed by atoms with Crippen molar-refractivity contribution >= 4 is 23.9 Å². The summed E-state index contributed by atoms with van der Waals surface area (Å²) in [5.74, 6) is 0. The summed E-state index contributed by atoms with van der Waals surface area (Å²) in [6.45, 7) is 0. The molecule has 129 valence electrons. The first-order valence-electron chi connectivity index (χ1n) is 6.69. The molecule has 4 nitrogen and oxygen atoms in total. The molecule has 6 heteroatoms. The van der Waals surface area contributed by atoms with Crippen LogP contribution in [0.1, 0.15) is 0 Å². The van der Waals surface area contributed by atoms with Gasteiger partial charge in [0, 0.05) is 20.4 Å². The van der Waals surface area contributed by atoms with Gasteiger partial charge in [0.25, 0.3) is 0 Å². The average Bonchev–Trinajstić information content (AvgIpc) is 2.56. The van der Waals surface area contributed by atoms with E-state index in [2.05, 4.69) is 0 Å². The monoisotopic (exact) mass is 516 g/mol. The Hall–Kier alpha value is -1.62. The van der Waals surface area contributed by atoms with Crippen molar-refractivity contribution in [2.45, 2.75) is 0 Å². The van der Waals surface area contributed by atoms with Crippen molar-refractivity contribution in [2.75, 3.05) is 0 Å². The van der Waals surface area contributed by atoms with E-state index in [0.29, 0.717) is 0 Å². The summed E-state index contributed by atoms with van der Waals surface area (Å²) in [5, 5.41) is 2.70. The second-order valence-electron chi connectivity index (χ2n) is 4.78. The van der Waals surface area contributed by atoms with E-state index in [1.165, 1.54) is 0 Å². The Morgan fingerprint density at radius 3 is 0.875 bits per heavy atom. The molecule has 1 radical (unpaired) electrons. The summed E-state index contributed by atoms with van der Waals surface area (Å²) < 4.78 is 0. The maximum Gasteiger partial charge on any atom is 0.0572 e. The molecule has 0 atom stereocenters. The minimum Gasteiger partial charge on any atom is -0.848 e. The van der Waals surface area contributed by atoms with E-state index in [-0.39, 0.29) is 36.9 Å². The number of benzene rings is 3. The molecule has 0 spiro atoms. The molecule has 0 bridgehead atoms. The molecule has 0 aliphatic rings. The van der Waals surface area contributed by atoms with E-state index in [0.717, 1.165) is 15.6 Å². The second-order valence-corrected chi connectivity index (χ2v) is 7.87. The molecule has 0 heterocycles. The van der Waals surface area contributed by atoms with Gasteiger partial charge >= 0.3 is 0 Å². The van der Waals surface area contributed by atoms with Crippen LogP contribution in [0.15, 0.2) is 91.0 Å². The summed E-state index contributed by atoms with van der Waals surface area (Å²) in [5.41, 5.74) is 0. The van der Waals surface area contributed by atoms with E-state index in [1.807, 2.05) is 91.0 Å². The molecule has 3 rings (SSSR count). The molecule has 0 aliphatic carbocycles. The molecule has 0 saturated carbocycles. The van der Waals surface area contributed by atoms with Gasteiger partial charge in [-0.3, -0.25) is 0 Å². The molecule has 24 heavy (non-hydrogen) atoms. The molecule has 3 aromatic rings. The van der Waals surface area contributed by atoms with Gasteiger partial charge in [0.2, 0.25) is 0 Å². The minimum absolute atomic E-state index is 0. The predicted molar refractivity (Wildman–Crippen MR) is 94.8 cm³/mol. The van der Waals surface area contributed by atoms with Gasteiger partial charge in [-0.1, -0.05) is 107 Å². The molecular weight excluding hydrogens is 494 g/mol. The Kier molecular flexibility index (Phi) is 11.3. The largest absolute Gasteiger partial charge is 0.848 e. The normalized spacial score (nSPS) is 9.38. The zero-order valence-electron chi connectivity index (χ0n) is 12.9. The Morgan fingerprint density at radius 2 is 0.667 bits per heavy atom. The topological polar surface area (TPSA) is 118 Å². The quantitative estimate of drug-likeness (QED) is 0.308. The standard InChI is InChI=1S/C18H15OSi.3H2O.Re/c19-20(16-10-4-1-5-11-16,17-12-6-2-7-13-17)18-14-8-3-9-15-18;;;;/h1-15H;3*1H2;/q-1;;;;. The van der Waals surface area contributed by atoms with E-state index in [4.69, 9.17) is 0 Å². The van der Waals surface area contributed by atoms with Crippen molar-refractivity contribution in [1.82, 2.24) is 0 Å². The van der Waals surface area contributed by atoms with Gasteiger partial charge in [-0.25, -0.2) is 0 Å². The first-order chi connectivity index (χ1) is 9.82. The van der Waals surface area contributed by atoms with Crippen LogP contribution in [0.2, 0.25) is 0 Å². The van der Waals surface area contributed by atoms with Gasteiger partial charge in [0.1, 0.15) is 0 Å². The summed E-state index contributed by atoms with van der Waals surface area (Å²) in [4.78, 5) is 13.8. The third-order valence-corrected chi connectivity index (χ3v) is 6.98. The molecule has 0 aliphatic heterocycles. The number of hydrogen-bond donors (Lipinski definition) is 0. The van der Waals surface area contributed by atoms with Crippen molar-refractivity contribution < 1.29 is 41.6 Å². The van der Waals surface area contributed by atoms with Gasteiger partial charge in [-0.15, -0.1) is 0 Å². The van der Waals surface area contributed by atoms with Crippen LogP contribution in [0, 0.1) is 0 Å². The molecular formula is C18H21O4ReSi-. The minimum atomic E-state index is -3.13. The average molecular weight is 516 g/mol. The van der Waals surface area contributed by atoms with Crippen molar-refractivity contribution in [1.29, 1.82) is 0 Å². The third-order valence-electron chi connectivity index (χ3n) is 3.54. The SMILES string of the molecule is O.O.O.[O-][Si](c1ccccc1)(c1ccccc1)c1ccccc1.[Re]. The molecule has 0 unspecified atom stereocenters. The van der Waals surface area contributed by atoms with Crippen LogP contribution in [0.4, 0.5) is 0 Å². The van der Waals surface area contributed by atoms with E-state index >= 15 is 0 Å². The van der Waals surface area contributed by atoms with Crippen molar-refractivity contribution in [3.05, 3.63) is 91.0 Å². The predicted octanol–water partition coefficient (Wildman–Crippen LogP) is -1.46. The molecule has 0 fully saturated rings. The van der Waals surface area contributed by atoms with Crippen LogP contribution in [0.25, 0.3) is 0 Å². The second kappa shape index (κ2) is 11.0. The first-order valence-corrected chi connectivity index (χ1v) is 8.59. The van der Waals surface area contributed by atoms with Gasteiger partial charge in [-0.2, -0.15) is 0 Å². The van der Waals surface area contributed by atoms with Crippen LogP contribution in [0.5, 0.6) is 0 Å². The van der Waals surface area contributed by atoms with E-state index in [1.54, 1.807) is 0 Å². The summed E-state index contributed by atoms with van der Waals surface area (Å²) in [7, 11) is -3.13. The number of rotatable bonds is 3. The first kappa shape index (κ1) is 24.6. The van der Waals surface area contributed by atoms with Crippen molar-refractivity contribution in [2.24, 2.45) is 0 Å². The van der Waals surface area contributed by atoms with E-state index in [9.17, 15) is 4.80 Å². The van der Waals surface area contributed by atoms with Crippen LogP contribution in [-0.2, 0) is 20.4 Å². The molecule has 0 saturated heterocycles. The zero-order chi connectivity index (χ0) is 13.8. The van der Waals surface area contributed by atoms with Gasteiger partial charge < -0.3 is 21.2 Å². The Morgan fingerprint density at radius 1 is 0.458 bits per heavy atom. The van der Waals surface area contributed by atoms with Crippen molar-refractivity contribution in [3.8, 4) is 0 Å². The van der Waals surface area contributed by atoms with Gasteiger partial charge in [-0.05, 0) is 0 Å². The van der Waals surface area contributed by atoms with Gasteiger partial charge in [0.05, 0.1) is 8.32 Å². The van der Waals surface area contributed by atoms with Crippen LogP contribution >= 0.6 is 0 Å². The number of hydrogen-bond acceptors (Lipinski definition) is 1. The van der Waals surface area contributed by atoms with Crippen LogP contribution in [0.3, 0.4) is 0 Å². The zero-order valence-corrected chi connectivity index (χ0v) is 16.7. The fourth-order valence-corrected chi connectivity index (χ4v) is 5.50. The fourth-order valence-electron chi connectivity index (χ4n) is 2.52. The molecule has 0 aromatic heterocycles. The van der Waals surface area contributed by atoms with Crippen molar-refractivity contribution in [3.63, 3.8) is 0 Å². The third kappa shape index (κ3) is 4.69. The smallest absolute Gasteiger partial charge is 0.0572 e. The summed E-state index contributed by atoms with van der Waals surface area (Å²) in [6.07, 6.45) is 0. The summed E-state index contributed by atoms with van der Waals surface area (Å²) >= 11 is 0. The Balaban J connectivity index is 0.